The van der Waals surface area contributed by atoms with Gasteiger partial charge in [-0.25, -0.2) is 9.78 Å². The number of carbonyl (C=O) groups excluding carboxylic acids is 1. The van der Waals surface area contributed by atoms with Crippen molar-refractivity contribution in [3.63, 3.8) is 0 Å². The zero-order valence-electron chi connectivity index (χ0n) is 9.12. The van der Waals surface area contributed by atoms with Gasteiger partial charge in [-0.1, -0.05) is 0 Å². The van der Waals surface area contributed by atoms with Gasteiger partial charge in [-0.2, -0.15) is 0 Å². The number of hydrogen-bond acceptors (Lipinski definition) is 6. The van der Waals surface area contributed by atoms with Crippen molar-refractivity contribution in [3.8, 4) is 0 Å². The van der Waals surface area contributed by atoms with Gasteiger partial charge < -0.3 is 16.2 Å². The van der Waals surface area contributed by atoms with Gasteiger partial charge in [0, 0.05) is 25.2 Å². The van der Waals surface area contributed by atoms with E-state index in [-0.39, 0.29) is 24.3 Å². The van der Waals surface area contributed by atoms with E-state index in [0.29, 0.717) is 0 Å². The molecule has 1 rings (SSSR count). The number of nitrogens with two attached hydrogens (primary N) is 1. The Morgan fingerprint density at radius 3 is 2.72 bits per heavy atom. The third-order valence-corrected chi connectivity index (χ3v) is 1.98. The minimum atomic E-state index is -1.31. The molecule has 0 saturated carbocycles. The smallest absolute Gasteiger partial charge is 0.337 e. The first kappa shape index (κ1) is 13.4. The van der Waals surface area contributed by atoms with Gasteiger partial charge >= 0.3 is 11.7 Å². The van der Waals surface area contributed by atoms with E-state index in [4.69, 9.17) is 10.8 Å². The van der Waals surface area contributed by atoms with Crippen LogP contribution in [0.15, 0.2) is 12.3 Å². The number of primary amides is 1. The molecule has 0 saturated heterocycles. The van der Waals surface area contributed by atoms with Crippen molar-refractivity contribution in [1.82, 2.24) is 4.98 Å². The highest BCUT2D eigenvalue weighted by molar-refractivity contribution is 5.88. The molecule has 0 aliphatic carbocycles. The molecule has 0 atom stereocenters. The van der Waals surface area contributed by atoms with E-state index >= 15 is 0 Å². The molecule has 0 aromatic carbocycles. The van der Waals surface area contributed by atoms with Gasteiger partial charge in [-0.3, -0.25) is 14.9 Å². The lowest BCUT2D eigenvalue weighted by Crippen LogP contribution is -2.17. The minimum absolute atomic E-state index is 0.0144. The van der Waals surface area contributed by atoms with E-state index in [0.717, 1.165) is 12.3 Å². The Morgan fingerprint density at radius 1 is 1.56 bits per heavy atom. The monoisotopic (exact) mass is 254 g/mol. The van der Waals surface area contributed by atoms with Crippen LogP contribution in [0.3, 0.4) is 0 Å². The number of nitro groups is 1. The summed E-state index contributed by atoms with van der Waals surface area (Å²) in [7, 11) is 0. The molecule has 0 aliphatic heterocycles. The lowest BCUT2D eigenvalue weighted by molar-refractivity contribution is -0.384. The zero-order chi connectivity index (χ0) is 13.7. The number of anilines is 1. The lowest BCUT2D eigenvalue weighted by atomic mass is 10.2. The molecular weight excluding hydrogens is 244 g/mol. The molecule has 1 heterocycles. The summed E-state index contributed by atoms with van der Waals surface area (Å²) >= 11 is 0. The van der Waals surface area contributed by atoms with Gasteiger partial charge in [0.15, 0.2) is 0 Å². The molecule has 0 unspecified atom stereocenters. The molecule has 1 aromatic rings. The predicted octanol–water partition coefficient (Wildman–Crippen LogP) is -0.0247. The molecule has 1 amide bonds. The van der Waals surface area contributed by atoms with Crippen LogP contribution in [0.4, 0.5) is 11.5 Å². The molecule has 1 aromatic heterocycles. The average molecular weight is 254 g/mol. The number of pyridine rings is 1. The van der Waals surface area contributed by atoms with Crippen molar-refractivity contribution >= 4 is 23.4 Å². The lowest BCUT2D eigenvalue weighted by Gasteiger charge is -2.05. The van der Waals surface area contributed by atoms with Crippen molar-refractivity contribution in [2.24, 2.45) is 5.73 Å². The highest BCUT2D eigenvalue weighted by Crippen LogP contribution is 2.22. The van der Waals surface area contributed by atoms with E-state index in [9.17, 15) is 19.7 Å². The largest absolute Gasteiger partial charge is 0.478 e. The highest BCUT2D eigenvalue weighted by Gasteiger charge is 2.18. The molecule has 0 fully saturated rings. The molecule has 0 bridgehead atoms. The van der Waals surface area contributed by atoms with Crippen molar-refractivity contribution in [3.05, 3.63) is 27.9 Å². The maximum atomic E-state index is 10.7. The second-order valence-electron chi connectivity index (χ2n) is 3.30. The number of rotatable bonds is 6. The predicted molar refractivity (Wildman–Crippen MR) is 60.2 cm³/mol. The number of carbonyl (C=O) groups is 2. The van der Waals surface area contributed by atoms with E-state index in [1.165, 1.54) is 0 Å². The van der Waals surface area contributed by atoms with Gasteiger partial charge in [0.2, 0.25) is 11.7 Å². The van der Waals surface area contributed by atoms with Gasteiger partial charge in [0.05, 0.1) is 10.5 Å². The van der Waals surface area contributed by atoms with Crippen LogP contribution in [0.25, 0.3) is 0 Å². The second kappa shape index (κ2) is 5.57. The number of amides is 1. The maximum absolute atomic E-state index is 10.7. The molecule has 9 nitrogen and oxygen atoms in total. The molecule has 0 aliphatic rings. The number of hydrogen-bond donors (Lipinski definition) is 3. The van der Waals surface area contributed by atoms with E-state index < -0.39 is 22.5 Å². The molecule has 0 radical (unpaired) electrons. The summed E-state index contributed by atoms with van der Waals surface area (Å²) in [6, 6.07) is 0.891. The molecule has 18 heavy (non-hydrogen) atoms. The third kappa shape index (κ3) is 3.40. The van der Waals surface area contributed by atoms with Gasteiger partial charge in [0.25, 0.3) is 0 Å². The number of nitrogens with one attached hydrogen (secondary N) is 1. The van der Waals surface area contributed by atoms with E-state index in [2.05, 4.69) is 10.3 Å². The SMILES string of the molecule is NC(=O)CCNc1ncc(C(=O)O)cc1[N+](=O)[O-]. The Balaban J connectivity index is 2.93. The van der Waals surface area contributed by atoms with Crippen molar-refractivity contribution in [2.45, 2.75) is 6.42 Å². The van der Waals surface area contributed by atoms with E-state index in [1.807, 2.05) is 0 Å². The Labute approximate surface area is 101 Å². The van der Waals surface area contributed by atoms with Gasteiger partial charge in [-0.15, -0.1) is 0 Å². The van der Waals surface area contributed by atoms with Gasteiger partial charge in [-0.05, 0) is 0 Å². The molecule has 96 valence electrons. The van der Waals surface area contributed by atoms with Crippen LogP contribution in [0.5, 0.6) is 0 Å². The zero-order valence-corrected chi connectivity index (χ0v) is 9.12. The number of carboxylic acids is 1. The van der Waals surface area contributed by atoms with Crippen LogP contribution in [-0.2, 0) is 4.79 Å². The Hall–Kier alpha value is -2.71. The summed E-state index contributed by atoms with van der Waals surface area (Å²) < 4.78 is 0. The molecule has 4 N–H and O–H groups in total. The normalized spacial score (nSPS) is 9.78. The molecule has 9 heteroatoms. The summed E-state index contributed by atoms with van der Waals surface area (Å²) in [6.45, 7) is 0.0790. The van der Waals surface area contributed by atoms with Crippen LogP contribution in [0.2, 0.25) is 0 Å². The second-order valence-corrected chi connectivity index (χ2v) is 3.30. The number of carboxylic acid groups (broad SMARTS) is 1. The van der Waals surface area contributed by atoms with Crippen LogP contribution < -0.4 is 11.1 Å². The Bertz CT molecular complexity index is 502. The van der Waals surface area contributed by atoms with Crippen molar-refractivity contribution in [1.29, 1.82) is 0 Å². The van der Waals surface area contributed by atoms with Crippen LogP contribution in [-0.4, -0.2) is 33.4 Å². The van der Waals surface area contributed by atoms with Gasteiger partial charge in [0.1, 0.15) is 0 Å². The van der Waals surface area contributed by atoms with Crippen LogP contribution in [0, 0.1) is 10.1 Å². The number of aromatic carboxylic acids is 1. The first-order valence-corrected chi connectivity index (χ1v) is 4.81. The number of nitrogens with zero attached hydrogens (tertiary/aromatic N) is 2. The van der Waals surface area contributed by atoms with Crippen LogP contribution >= 0.6 is 0 Å². The first-order valence-electron chi connectivity index (χ1n) is 4.81. The standard InChI is InChI=1S/C9H10N4O5/c10-7(14)1-2-11-8-6(13(17)18)3-5(4-12-8)9(15)16/h3-4H,1-2H2,(H2,10,14)(H,11,12)(H,15,16). The maximum Gasteiger partial charge on any atom is 0.337 e. The van der Waals surface area contributed by atoms with Crippen molar-refractivity contribution in [2.75, 3.05) is 11.9 Å². The summed E-state index contributed by atoms with van der Waals surface area (Å²) in [6.07, 6.45) is 0.974. The summed E-state index contributed by atoms with van der Waals surface area (Å²) in [5.41, 5.74) is 4.14. The summed E-state index contributed by atoms with van der Waals surface area (Å²) in [5.74, 6) is -1.98. The quantitative estimate of drug-likeness (QED) is 0.476. The fraction of sp³-hybridized carbons (Fsp3) is 0.222. The first-order chi connectivity index (χ1) is 8.41. The fourth-order valence-corrected chi connectivity index (χ4v) is 1.15. The summed E-state index contributed by atoms with van der Waals surface area (Å²) in [4.78, 5) is 34.8. The summed E-state index contributed by atoms with van der Waals surface area (Å²) in [5, 5.41) is 22.0. The third-order valence-electron chi connectivity index (χ3n) is 1.98. The molecule has 0 spiro atoms. The molecular formula is C9H10N4O5. The fourth-order valence-electron chi connectivity index (χ4n) is 1.15. The van der Waals surface area contributed by atoms with Crippen LogP contribution in [0.1, 0.15) is 16.8 Å². The Kier molecular flexibility index (Phi) is 4.13. The topological polar surface area (TPSA) is 148 Å². The Morgan fingerprint density at radius 2 is 2.22 bits per heavy atom. The minimum Gasteiger partial charge on any atom is -0.478 e. The van der Waals surface area contributed by atoms with Crippen molar-refractivity contribution < 1.29 is 19.6 Å². The average Bonchev–Trinajstić information content (AvgIpc) is 2.28. The van der Waals surface area contributed by atoms with E-state index in [1.54, 1.807) is 0 Å². The number of aromatic nitrogens is 1. The highest BCUT2D eigenvalue weighted by atomic mass is 16.6.